The minimum Gasteiger partial charge on any atom is -0.460 e. The topological polar surface area (TPSA) is 38.3 Å². The highest BCUT2D eigenvalue weighted by Gasteiger charge is 2.36. The first-order valence-electron chi connectivity index (χ1n) is 6.23. The maximum absolute atomic E-state index is 12.1. The van der Waals surface area contributed by atoms with Crippen molar-refractivity contribution in [3.63, 3.8) is 0 Å². The summed E-state index contributed by atoms with van der Waals surface area (Å²) in [6, 6.07) is 7.42. The first kappa shape index (κ1) is 13.4. The number of rotatable bonds is 3. The molecule has 3 nitrogen and oxygen atoms in total. The molecule has 1 unspecified atom stereocenters. The molecule has 98 valence electrons. The zero-order chi connectivity index (χ0) is 13.0. The third-order valence-electron chi connectivity index (χ3n) is 3.41. The summed E-state index contributed by atoms with van der Waals surface area (Å²) in [5.41, 5.74) is 0.444. The Hall–Kier alpha value is -1.06. The van der Waals surface area contributed by atoms with Crippen LogP contribution in [0.4, 0.5) is 0 Å². The third kappa shape index (κ3) is 3.03. The number of hydrogen-bond donors (Lipinski definition) is 1. The van der Waals surface area contributed by atoms with E-state index in [1.807, 2.05) is 25.1 Å². The summed E-state index contributed by atoms with van der Waals surface area (Å²) < 4.78 is 5.39. The lowest BCUT2D eigenvalue weighted by Gasteiger charge is -2.31. The Morgan fingerprint density at radius 3 is 2.94 bits per heavy atom. The second-order valence-corrected chi connectivity index (χ2v) is 5.42. The van der Waals surface area contributed by atoms with Crippen molar-refractivity contribution >= 4 is 17.6 Å². The summed E-state index contributed by atoms with van der Waals surface area (Å²) in [6.45, 7) is 3.87. The number of carbonyl (C=O) groups is 1. The fourth-order valence-electron chi connectivity index (χ4n) is 2.16. The Bertz CT molecular complexity index is 428. The van der Waals surface area contributed by atoms with Crippen LogP contribution in [0.2, 0.25) is 5.02 Å². The van der Waals surface area contributed by atoms with Crippen LogP contribution in [-0.4, -0.2) is 19.1 Å². The highest BCUT2D eigenvalue weighted by atomic mass is 35.5. The Balaban J connectivity index is 1.94. The lowest BCUT2D eigenvalue weighted by atomic mass is 9.83. The van der Waals surface area contributed by atoms with Gasteiger partial charge < -0.3 is 10.1 Å². The molecule has 1 aromatic rings. The average molecular weight is 268 g/mol. The van der Waals surface area contributed by atoms with E-state index in [2.05, 4.69) is 5.32 Å². The van der Waals surface area contributed by atoms with Gasteiger partial charge in [0.2, 0.25) is 0 Å². The summed E-state index contributed by atoms with van der Waals surface area (Å²) in [4.78, 5) is 12.1. The van der Waals surface area contributed by atoms with E-state index < -0.39 is 5.41 Å². The van der Waals surface area contributed by atoms with Gasteiger partial charge >= 0.3 is 5.97 Å². The number of esters is 1. The largest absolute Gasteiger partial charge is 0.460 e. The molecular weight excluding hydrogens is 250 g/mol. The van der Waals surface area contributed by atoms with E-state index in [1.165, 1.54) is 0 Å². The number of ether oxygens (including phenoxy) is 1. The fourth-order valence-corrected chi connectivity index (χ4v) is 2.35. The van der Waals surface area contributed by atoms with Gasteiger partial charge in [-0.1, -0.05) is 29.8 Å². The van der Waals surface area contributed by atoms with Crippen LogP contribution in [0.3, 0.4) is 0 Å². The van der Waals surface area contributed by atoms with Gasteiger partial charge in [0.25, 0.3) is 0 Å². The summed E-state index contributed by atoms with van der Waals surface area (Å²) in [6.07, 6.45) is 1.89. The van der Waals surface area contributed by atoms with Crippen LogP contribution >= 0.6 is 11.6 Å². The van der Waals surface area contributed by atoms with E-state index in [4.69, 9.17) is 16.3 Å². The van der Waals surface area contributed by atoms with E-state index in [-0.39, 0.29) is 12.6 Å². The molecule has 2 rings (SSSR count). The van der Waals surface area contributed by atoms with Crippen molar-refractivity contribution in [2.75, 3.05) is 13.1 Å². The third-order valence-corrected chi connectivity index (χ3v) is 3.78. The first-order chi connectivity index (χ1) is 8.62. The summed E-state index contributed by atoms with van der Waals surface area (Å²) >= 11 is 6.02. The Morgan fingerprint density at radius 2 is 2.28 bits per heavy atom. The van der Waals surface area contributed by atoms with Crippen LogP contribution < -0.4 is 5.32 Å². The number of halogens is 1. The number of piperidine rings is 1. The normalized spacial score (nSPS) is 23.7. The van der Waals surface area contributed by atoms with Crippen molar-refractivity contribution in [2.24, 2.45) is 5.41 Å². The van der Waals surface area contributed by atoms with Crippen molar-refractivity contribution in [2.45, 2.75) is 26.4 Å². The van der Waals surface area contributed by atoms with Crippen molar-refractivity contribution < 1.29 is 9.53 Å². The molecule has 1 N–H and O–H groups in total. The molecule has 1 aromatic carbocycles. The van der Waals surface area contributed by atoms with E-state index in [0.29, 0.717) is 11.6 Å². The molecule has 1 aliphatic rings. The molecule has 0 radical (unpaired) electrons. The number of benzene rings is 1. The van der Waals surface area contributed by atoms with Crippen LogP contribution in [0.1, 0.15) is 25.3 Å². The maximum Gasteiger partial charge on any atom is 0.313 e. The molecule has 0 aliphatic carbocycles. The van der Waals surface area contributed by atoms with Gasteiger partial charge in [-0.25, -0.2) is 0 Å². The van der Waals surface area contributed by atoms with Crippen LogP contribution in [-0.2, 0) is 16.1 Å². The maximum atomic E-state index is 12.1. The summed E-state index contributed by atoms with van der Waals surface area (Å²) in [5, 5.41) is 3.88. The molecule has 1 atom stereocenters. The monoisotopic (exact) mass is 267 g/mol. The van der Waals surface area contributed by atoms with Crippen molar-refractivity contribution in [3.8, 4) is 0 Å². The minimum atomic E-state index is -0.403. The minimum absolute atomic E-state index is 0.144. The molecule has 1 fully saturated rings. The number of carbonyl (C=O) groups excluding carboxylic acids is 1. The predicted octanol–water partition coefficient (Wildman–Crippen LogP) is 2.77. The van der Waals surface area contributed by atoms with Crippen LogP contribution in [0.5, 0.6) is 0 Å². The average Bonchev–Trinajstić information content (AvgIpc) is 2.38. The van der Waals surface area contributed by atoms with Crippen molar-refractivity contribution in [3.05, 3.63) is 34.9 Å². The van der Waals surface area contributed by atoms with E-state index in [0.717, 1.165) is 24.9 Å². The van der Waals surface area contributed by atoms with Gasteiger partial charge in [-0.3, -0.25) is 4.79 Å². The molecule has 1 aliphatic heterocycles. The van der Waals surface area contributed by atoms with Gasteiger partial charge in [-0.15, -0.1) is 0 Å². The van der Waals surface area contributed by atoms with Gasteiger partial charge in [-0.2, -0.15) is 0 Å². The Labute approximate surface area is 112 Å². The van der Waals surface area contributed by atoms with Gasteiger partial charge in [0, 0.05) is 17.1 Å². The SMILES string of the molecule is CC1(C(=O)OCc2ccccc2Cl)CCCNC1. The van der Waals surface area contributed by atoms with Gasteiger partial charge in [0.15, 0.2) is 0 Å². The highest BCUT2D eigenvalue weighted by Crippen LogP contribution is 2.27. The zero-order valence-electron chi connectivity index (χ0n) is 10.5. The van der Waals surface area contributed by atoms with Crippen LogP contribution in [0, 0.1) is 5.41 Å². The van der Waals surface area contributed by atoms with Crippen molar-refractivity contribution in [1.82, 2.24) is 5.32 Å². The van der Waals surface area contributed by atoms with E-state index in [9.17, 15) is 4.79 Å². The Kier molecular flexibility index (Phi) is 4.25. The molecule has 0 bridgehead atoms. The molecular formula is C14H18ClNO2. The van der Waals surface area contributed by atoms with Gasteiger partial charge in [0.05, 0.1) is 5.41 Å². The molecule has 1 heterocycles. The first-order valence-corrected chi connectivity index (χ1v) is 6.61. The molecule has 0 spiro atoms. The van der Waals surface area contributed by atoms with Crippen LogP contribution in [0.25, 0.3) is 0 Å². The van der Waals surface area contributed by atoms with Gasteiger partial charge in [-0.05, 0) is 32.4 Å². The van der Waals surface area contributed by atoms with Crippen molar-refractivity contribution in [1.29, 1.82) is 0 Å². The summed E-state index contributed by atoms with van der Waals surface area (Å²) in [7, 11) is 0. The molecule has 4 heteroatoms. The molecule has 0 amide bonds. The highest BCUT2D eigenvalue weighted by molar-refractivity contribution is 6.31. The molecule has 0 aromatic heterocycles. The second kappa shape index (κ2) is 5.72. The second-order valence-electron chi connectivity index (χ2n) is 5.01. The quantitative estimate of drug-likeness (QED) is 0.856. The lowest BCUT2D eigenvalue weighted by molar-refractivity contribution is -0.157. The molecule has 1 saturated heterocycles. The number of nitrogens with one attached hydrogen (secondary N) is 1. The van der Waals surface area contributed by atoms with E-state index in [1.54, 1.807) is 6.07 Å². The smallest absolute Gasteiger partial charge is 0.313 e. The van der Waals surface area contributed by atoms with E-state index >= 15 is 0 Å². The number of hydrogen-bond acceptors (Lipinski definition) is 3. The zero-order valence-corrected chi connectivity index (χ0v) is 11.3. The predicted molar refractivity (Wildman–Crippen MR) is 71.5 cm³/mol. The summed E-state index contributed by atoms with van der Waals surface area (Å²) in [5.74, 6) is -0.144. The Morgan fingerprint density at radius 1 is 1.50 bits per heavy atom. The van der Waals surface area contributed by atoms with Gasteiger partial charge in [0.1, 0.15) is 6.61 Å². The lowest BCUT2D eigenvalue weighted by Crippen LogP contribution is -2.44. The standard InChI is InChI=1S/C14H18ClNO2/c1-14(7-4-8-16-10-14)13(17)18-9-11-5-2-3-6-12(11)15/h2-3,5-6,16H,4,7-10H2,1H3. The fraction of sp³-hybridized carbons (Fsp3) is 0.500. The molecule has 18 heavy (non-hydrogen) atoms. The molecule has 0 saturated carbocycles. The van der Waals surface area contributed by atoms with Crippen LogP contribution in [0.15, 0.2) is 24.3 Å².